The van der Waals surface area contributed by atoms with E-state index in [0.29, 0.717) is 29.9 Å². The zero-order valence-corrected chi connectivity index (χ0v) is 16.6. The van der Waals surface area contributed by atoms with Gasteiger partial charge in [-0.05, 0) is 55.8 Å². The summed E-state index contributed by atoms with van der Waals surface area (Å²) in [5.41, 5.74) is 1.59. The van der Waals surface area contributed by atoms with Crippen LogP contribution in [0.3, 0.4) is 0 Å². The Labute approximate surface area is 165 Å². The van der Waals surface area contributed by atoms with Crippen molar-refractivity contribution in [2.45, 2.75) is 37.6 Å². The molecule has 1 aliphatic heterocycles. The van der Waals surface area contributed by atoms with Gasteiger partial charge in [0.2, 0.25) is 10.0 Å². The first kappa shape index (κ1) is 20.5. The Balaban J connectivity index is 1.74. The molecule has 0 aliphatic carbocycles. The number of carbonyl (C=O) groups is 1. The van der Waals surface area contributed by atoms with Gasteiger partial charge >= 0.3 is 0 Å². The maximum Gasteiger partial charge on any atom is 0.255 e. The van der Waals surface area contributed by atoms with Crippen LogP contribution in [0, 0.1) is 0 Å². The van der Waals surface area contributed by atoms with E-state index in [4.69, 9.17) is 4.74 Å². The molecule has 1 amide bonds. The number of sulfonamides is 1. The third-order valence-electron chi connectivity index (χ3n) is 4.51. The molecule has 2 N–H and O–H groups in total. The average molecular weight is 404 g/mol. The Bertz CT molecular complexity index is 933. The summed E-state index contributed by atoms with van der Waals surface area (Å²) in [7, 11) is -3.64. The number of aliphatic hydroxyl groups is 1. The molecule has 0 spiro atoms. The summed E-state index contributed by atoms with van der Waals surface area (Å²) >= 11 is 0. The predicted molar refractivity (Wildman–Crippen MR) is 106 cm³/mol. The number of anilines is 1. The number of benzene rings is 2. The monoisotopic (exact) mass is 404 g/mol. The fourth-order valence-corrected chi connectivity index (χ4v) is 4.80. The second-order valence-electron chi connectivity index (χ2n) is 6.92. The van der Waals surface area contributed by atoms with Crippen molar-refractivity contribution in [2.24, 2.45) is 0 Å². The lowest BCUT2D eigenvalue weighted by Gasteiger charge is -2.34. The first-order chi connectivity index (χ1) is 13.3. The Morgan fingerprint density at radius 3 is 2.39 bits per heavy atom. The van der Waals surface area contributed by atoms with E-state index in [1.54, 1.807) is 24.3 Å². The van der Waals surface area contributed by atoms with Gasteiger partial charge in [-0.2, -0.15) is 4.31 Å². The summed E-state index contributed by atoms with van der Waals surface area (Å²) in [5, 5.41) is 11.9. The number of rotatable bonds is 5. The molecule has 2 atom stereocenters. The molecule has 150 valence electrons. The van der Waals surface area contributed by atoms with Gasteiger partial charge < -0.3 is 15.2 Å². The van der Waals surface area contributed by atoms with Crippen LogP contribution in [-0.4, -0.2) is 49.0 Å². The van der Waals surface area contributed by atoms with Crippen LogP contribution >= 0.6 is 0 Å². The molecule has 0 aromatic heterocycles. The molecular formula is C20H24N2O5S. The molecule has 28 heavy (non-hydrogen) atoms. The highest BCUT2D eigenvalue weighted by Gasteiger charge is 2.32. The predicted octanol–water partition coefficient (Wildman–Crippen LogP) is 2.23. The molecule has 1 aliphatic rings. The topological polar surface area (TPSA) is 95.9 Å². The lowest BCUT2D eigenvalue weighted by Crippen LogP contribution is -2.48. The number of aliphatic hydroxyl groups excluding tert-OH is 1. The zero-order valence-electron chi connectivity index (χ0n) is 15.8. The van der Waals surface area contributed by atoms with Gasteiger partial charge in [0.1, 0.15) is 0 Å². The molecule has 2 aromatic carbocycles. The summed E-state index contributed by atoms with van der Waals surface area (Å²) in [5.74, 6) is -0.354. The minimum Gasteiger partial charge on any atom is -0.392 e. The Morgan fingerprint density at radius 2 is 1.79 bits per heavy atom. The van der Waals surface area contributed by atoms with Crippen molar-refractivity contribution >= 4 is 21.6 Å². The largest absolute Gasteiger partial charge is 0.392 e. The van der Waals surface area contributed by atoms with Crippen LogP contribution in [0.25, 0.3) is 0 Å². The van der Waals surface area contributed by atoms with Gasteiger partial charge in [-0.15, -0.1) is 0 Å². The molecule has 1 saturated heterocycles. The Hall–Kier alpha value is -2.26. The molecular weight excluding hydrogens is 380 g/mol. The molecule has 0 unspecified atom stereocenters. The summed E-state index contributed by atoms with van der Waals surface area (Å²) < 4.78 is 32.7. The molecule has 7 nitrogen and oxygen atoms in total. The smallest absolute Gasteiger partial charge is 0.255 e. The first-order valence-corrected chi connectivity index (χ1v) is 10.5. The van der Waals surface area contributed by atoms with Crippen molar-refractivity contribution in [3.05, 3.63) is 59.7 Å². The normalized spacial score (nSPS) is 20.7. The van der Waals surface area contributed by atoms with E-state index in [1.807, 2.05) is 13.8 Å². The molecule has 1 fully saturated rings. The van der Waals surface area contributed by atoms with Crippen LogP contribution in [0.15, 0.2) is 53.4 Å². The Kier molecular flexibility index (Phi) is 6.14. The maximum absolute atomic E-state index is 12.9. The molecule has 0 radical (unpaired) electrons. The van der Waals surface area contributed by atoms with Crippen LogP contribution in [0.2, 0.25) is 0 Å². The van der Waals surface area contributed by atoms with E-state index in [0.717, 1.165) is 0 Å². The number of nitrogens with zero attached hydrogens (tertiary/aromatic N) is 1. The van der Waals surface area contributed by atoms with Crippen molar-refractivity contribution in [3.63, 3.8) is 0 Å². The minimum absolute atomic E-state index is 0.116. The van der Waals surface area contributed by atoms with E-state index < -0.39 is 10.0 Å². The van der Waals surface area contributed by atoms with Crippen LogP contribution < -0.4 is 5.32 Å². The number of ether oxygens (including phenoxy) is 1. The van der Waals surface area contributed by atoms with Crippen LogP contribution in [0.5, 0.6) is 0 Å². The molecule has 0 saturated carbocycles. The summed E-state index contributed by atoms with van der Waals surface area (Å²) in [6, 6.07) is 12.8. The van der Waals surface area contributed by atoms with Crippen molar-refractivity contribution in [1.82, 2.24) is 4.31 Å². The van der Waals surface area contributed by atoms with Gasteiger partial charge in [0.05, 0.1) is 23.7 Å². The van der Waals surface area contributed by atoms with Gasteiger partial charge in [-0.3, -0.25) is 4.79 Å². The quantitative estimate of drug-likeness (QED) is 0.797. The number of amides is 1. The number of nitrogens with one attached hydrogen (secondary N) is 1. The highest BCUT2D eigenvalue weighted by molar-refractivity contribution is 7.89. The van der Waals surface area contributed by atoms with Gasteiger partial charge in [0.25, 0.3) is 5.91 Å². The summed E-state index contributed by atoms with van der Waals surface area (Å²) in [6.45, 7) is 4.18. The van der Waals surface area contributed by atoms with E-state index in [9.17, 15) is 18.3 Å². The van der Waals surface area contributed by atoms with Gasteiger partial charge in [0, 0.05) is 24.3 Å². The molecule has 2 aromatic rings. The second kappa shape index (κ2) is 8.40. The fourth-order valence-electron chi connectivity index (χ4n) is 3.21. The van der Waals surface area contributed by atoms with Crippen molar-refractivity contribution in [3.8, 4) is 0 Å². The average Bonchev–Trinajstić information content (AvgIpc) is 2.67. The van der Waals surface area contributed by atoms with Gasteiger partial charge in [-0.25, -0.2) is 8.42 Å². The Morgan fingerprint density at radius 1 is 1.14 bits per heavy atom. The first-order valence-electron chi connectivity index (χ1n) is 9.06. The summed E-state index contributed by atoms with van der Waals surface area (Å²) in [4.78, 5) is 12.6. The number of carbonyl (C=O) groups excluding carboxylic acids is 1. The lowest BCUT2D eigenvalue weighted by atomic mass is 10.2. The van der Waals surface area contributed by atoms with E-state index in [2.05, 4.69) is 5.32 Å². The van der Waals surface area contributed by atoms with E-state index in [-0.39, 0.29) is 29.6 Å². The third kappa shape index (κ3) is 4.59. The van der Waals surface area contributed by atoms with Gasteiger partial charge in [-0.1, -0.05) is 12.1 Å². The van der Waals surface area contributed by atoms with Crippen LogP contribution in [0.1, 0.15) is 29.8 Å². The number of morpholine rings is 1. The number of hydrogen-bond donors (Lipinski definition) is 2. The number of hydrogen-bond acceptors (Lipinski definition) is 5. The highest BCUT2D eigenvalue weighted by atomic mass is 32.2. The standard InChI is InChI=1S/C20H24N2O5S/c1-14-11-22(12-15(2)27-14)28(25,26)19-8-6-17(7-9-19)20(24)21-18-5-3-4-16(10-18)13-23/h3-10,14-15,23H,11-13H2,1-2H3,(H,21,24)/t14-,15+. The van der Waals surface area contributed by atoms with Crippen molar-refractivity contribution < 1.29 is 23.1 Å². The SMILES string of the molecule is C[C@@H]1CN(S(=O)(=O)c2ccc(C(=O)Nc3cccc(CO)c3)cc2)C[C@H](C)O1. The third-order valence-corrected chi connectivity index (χ3v) is 6.35. The molecule has 1 heterocycles. The minimum atomic E-state index is -3.64. The van der Waals surface area contributed by atoms with Gasteiger partial charge in [0.15, 0.2) is 0 Å². The fraction of sp³-hybridized carbons (Fsp3) is 0.350. The van der Waals surface area contributed by atoms with E-state index in [1.165, 1.54) is 28.6 Å². The molecule has 3 rings (SSSR count). The highest BCUT2D eigenvalue weighted by Crippen LogP contribution is 2.22. The van der Waals surface area contributed by atoms with Crippen LogP contribution in [0.4, 0.5) is 5.69 Å². The maximum atomic E-state index is 12.9. The zero-order chi connectivity index (χ0) is 20.3. The molecule has 8 heteroatoms. The van der Waals surface area contributed by atoms with Crippen molar-refractivity contribution in [1.29, 1.82) is 0 Å². The second-order valence-corrected chi connectivity index (χ2v) is 8.85. The molecule has 0 bridgehead atoms. The van der Waals surface area contributed by atoms with Crippen molar-refractivity contribution in [2.75, 3.05) is 18.4 Å². The van der Waals surface area contributed by atoms with Crippen LogP contribution in [-0.2, 0) is 21.4 Å². The van der Waals surface area contributed by atoms with E-state index >= 15 is 0 Å². The summed E-state index contributed by atoms with van der Waals surface area (Å²) in [6.07, 6.45) is -0.337. The lowest BCUT2D eigenvalue weighted by molar-refractivity contribution is -0.0440.